The number of benzene rings is 1. The predicted molar refractivity (Wildman–Crippen MR) is 50.9 cm³/mol. The van der Waals surface area contributed by atoms with Crippen molar-refractivity contribution < 1.29 is 9.59 Å². The van der Waals surface area contributed by atoms with E-state index >= 15 is 0 Å². The lowest BCUT2D eigenvalue weighted by atomic mass is 9.97. The van der Waals surface area contributed by atoms with Crippen molar-refractivity contribution in [1.82, 2.24) is 0 Å². The smallest absolute Gasteiger partial charge is 0.160 e. The van der Waals surface area contributed by atoms with Gasteiger partial charge in [-0.2, -0.15) is 0 Å². The minimum atomic E-state index is -0.115. The normalized spacial score (nSPS) is 9.77. The molecule has 0 heterocycles. The summed E-state index contributed by atoms with van der Waals surface area (Å²) in [5.41, 5.74) is 1.51. The van der Waals surface area contributed by atoms with Crippen molar-refractivity contribution in [3.05, 3.63) is 41.8 Å². The zero-order valence-electron chi connectivity index (χ0n) is 7.76. The second-order valence-corrected chi connectivity index (χ2v) is 2.95. The number of carbonyl (C=O) groups excluding carboxylic acids is 2. The Hall–Kier alpha value is -1.44. The van der Waals surface area contributed by atoms with E-state index in [1.54, 1.807) is 18.2 Å². The monoisotopic (exact) mass is 175 g/mol. The molecule has 0 fully saturated rings. The zero-order valence-corrected chi connectivity index (χ0v) is 7.76. The molecule has 0 bridgehead atoms. The Morgan fingerprint density at radius 2 is 1.77 bits per heavy atom. The van der Waals surface area contributed by atoms with Gasteiger partial charge in [0.1, 0.15) is 0 Å². The fourth-order valence-corrected chi connectivity index (χ4v) is 1.31. The maximum absolute atomic E-state index is 11.2. The molecule has 0 amide bonds. The molecular formula is C11H11O2. The van der Waals surface area contributed by atoms with Crippen LogP contribution in [0.5, 0.6) is 0 Å². The molecule has 0 saturated carbocycles. The molecule has 0 atom stereocenters. The summed E-state index contributed by atoms with van der Waals surface area (Å²) in [7, 11) is 0. The van der Waals surface area contributed by atoms with Gasteiger partial charge in [-0.05, 0) is 26.3 Å². The van der Waals surface area contributed by atoms with E-state index in [-0.39, 0.29) is 11.6 Å². The molecule has 2 heteroatoms. The van der Waals surface area contributed by atoms with Gasteiger partial charge >= 0.3 is 0 Å². The molecule has 0 spiro atoms. The molecule has 0 aromatic heterocycles. The van der Waals surface area contributed by atoms with Crippen molar-refractivity contribution in [2.75, 3.05) is 0 Å². The Bertz CT molecular complexity index is 364. The third-order valence-electron chi connectivity index (χ3n) is 1.88. The van der Waals surface area contributed by atoms with Crippen LogP contribution in [0.2, 0.25) is 0 Å². The summed E-state index contributed by atoms with van der Waals surface area (Å²) < 4.78 is 0. The van der Waals surface area contributed by atoms with Crippen molar-refractivity contribution in [3.8, 4) is 0 Å². The molecule has 0 aliphatic rings. The second-order valence-electron chi connectivity index (χ2n) is 2.95. The van der Waals surface area contributed by atoms with Crippen molar-refractivity contribution in [2.24, 2.45) is 0 Å². The highest BCUT2D eigenvalue weighted by Crippen LogP contribution is 2.15. The van der Waals surface area contributed by atoms with Gasteiger partial charge in [0.15, 0.2) is 11.6 Å². The van der Waals surface area contributed by atoms with Crippen LogP contribution in [0.25, 0.3) is 0 Å². The third kappa shape index (κ3) is 1.83. The number of hydrogen-bond donors (Lipinski definition) is 0. The first-order valence-electron chi connectivity index (χ1n) is 4.01. The van der Waals surface area contributed by atoms with Crippen molar-refractivity contribution in [2.45, 2.75) is 13.8 Å². The van der Waals surface area contributed by atoms with Gasteiger partial charge in [-0.3, -0.25) is 9.59 Å². The molecule has 1 aromatic carbocycles. The summed E-state index contributed by atoms with van der Waals surface area (Å²) >= 11 is 0. The minimum absolute atomic E-state index is 0.101. The fraction of sp³-hybridized carbons (Fsp3) is 0.182. The number of ketones is 2. The van der Waals surface area contributed by atoms with E-state index < -0.39 is 0 Å². The molecule has 0 aliphatic heterocycles. The van der Waals surface area contributed by atoms with Crippen molar-refractivity contribution in [3.63, 3.8) is 0 Å². The van der Waals surface area contributed by atoms with Crippen molar-refractivity contribution in [1.29, 1.82) is 0 Å². The lowest BCUT2D eigenvalue weighted by Gasteiger charge is -2.05. The number of carbonyl (C=O) groups is 2. The average molecular weight is 175 g/mol. The van der Waals surface area contributed by atoms with Gasteiger partial charge in [0.25, 0.3) is 0 Å². The van der Waals surface area contributed by atoms with Crippen LogP contribution in [0.4, 0.5) is 0 Å². The summed E-state index contributed by atoms with van der Waals surface area (Å²) in [6, 6.07) is 5.10. The molecular weight excluding hydrogens is 164 g/mol. The lowest BCUT2D eigenvalue weighted by molar-refractivity contribution is 0.0980. The van der Waals surface area contributed by atoms with E-state index in [4.69, 9.17) is 0 Å². The Labute approximate surface area is 77.6 Å². The number of rotatable bonds is 2. The summed E-state index contributed by atoms with van der Waals surface area (Å²) in [6.45, 7) is 6.60. The van der Waals surface area contributed by atoms with Crippen LogP contribution in [0.1, 0.15) is 40.1 Å². The molecule has 1 rings (SSSR count). The van der Waals surface area contributed by atoms with Gasteiger partial charge < -0.3 is 0 Å². The zero-order chi connectivity index (χ0) is 10.0. The number of hydrogen-bond acceptors (Lipinski definition) is 2. The Balaban J connectivity index is 3.43. The van der Waals surface area contributed by atoms with E-state index in [1.807, 2.05) is 0 Å². The Kier molecular flexibility index (Phi) is 2.61. The van der Waals surface area contributed by atoms with E-state index in [9.17, 15) is 9.59 Å². The highest BCUT2D eigenvalue weighted by Gasteiger charge is 2.12. The molecule has 0 saturated heterocycles. The van der Waals surface area contributed by atoms with Gasteiger partial charge in [0, 0.05) is 11.1 Å². The van der Waals surface area contributed by atoms with Crippen LogP contribution in [0.15, 0.2) is 18.2 Å². The van der Waals surface area contributed by atoms with Crippen LogP contribution < -0.4 is 0 Å². The molecule has 0 aliphatic carbocycles. The molecule has 0 unspecified atom stereocenters. The van der Waals surface area contributed by atoms with Gasteiger partial charge in [0.2, 0.25) is 0 Å². The Morgan fingerprint density at radius 1 is 1.15 bits per heavy atom. The molecule has 1 radical (unpaired) electrons. The van der Waals surface area contributed by atoms with Gasteiger partial charge in [-0.25, -0.2) is 0 Å². The van der Waals surface area contributed by atoms with Gasteiger partial charge in [-0.15, -0.1) is 0 Å². The second kappa shape index (κ2) is 3.52. The highest BCUT2D eigenvalue weighted by atomic mass is 16.1. The standard InChI is InChI=1S/C11H11O2/c1-7-5-4-6-10(8(2)12)11(7)9(3)13/h4-6H,1H2,2-3H3. The summed E-state index contributed by atoms with van der Waals surface area (Å²) in [5, 5.41) is 0. The van der Waals surface area contributed by atoms with E-state index in [0.717, 1.165) is 0 Å². The van der Waals surface area contributed by atoms with Crippen molar-refractivity contribution >= 4 is 11.6 Å². The Morgan fingerprint density at radius 3 is 2.15 bits per heavy atom. The quantitative estimate of drug-likeness (QED) is 0.646. The maximum Gasteiger partial charge on any atom is 0.160 e. The molecule has 0 N–H and O–H groups in total. The molecule has 2 nitrogen and oxygen atoms in total. The van der Waals surface area contributed by atoms with Crippen LogP contribution in [0.3, 0.4) is 0 Å². The third-order valence-corrected chi connectivity index (χ3v) is 1.88. The molecule has 67 valence electrons. The topological polar surface area (TPSA) is 34.1 Å². The van der Waals surface area contributed by atoms with Crippen LogP contribution in [0, 0.1) is 6.92 Å². The largest absolute Gasteiger partial charge is 0.294 e. The lowest BCUT2D eigenvalue weighted by Crippen LogP contribution is -2.05. The van der Waals surface area contributed by atoms with E-state index in [1.165, 1.54) is 13.8 Å². The number of Topliss-reactive ketones (excluding diaryl/α,β-unsaturated/α-hetero) is 2. The first-order chi connectivity index (χ1) is 6.04. The average Bonchev–Trinajstić information content (AvgIpc) is 2.02. The van der Waals surface area contributed by atoms with Crippen LogP contribution in [-0.4, -0.2) is 11.6 Å². The highest BCUT2D eigenvalue weighted by molar-refractivity contribution is 6.08. The fourth-order valence-electron chi connectivity index (χ4n) is 1.31. The predicted octanol–water partition coefficient (Wildman–Crippen LogP) is 2.27. The first kappa shape index (κ1) is 9.65. The summed E-state index contributed by atoms with van der Waals surface area (Å²) in [4.78, 5) is 22.3. The van der Waals surface area contributed by atoms with Gasteiger partial charge in [0.05, 0.1) is 0 Å². The van der Waals surface area contributed by atoms with Gasteiger partial charge in [-0.1, -0.05) is 18.2 Å². The van der Waals surface area contributed by atoms with E-state index in [0.29, 0.717) is 16.7 Å². The minimum Gasteiger partial charge on any atom is -0.294 e. The van der Waals surface area contributed by atoms with Crippen LogP contribution in [-0.2, 0) is 0 Å². The summed E-state index contributed by atoms with van der Waals surface area (Å²) in [5.74, 6) is -0.216. The van der Waals surface area contributed by atoms with Crippen LogP contribution >= 0.6 is 0 Å². The first-order valence-corrected chi connectivity index (χ1v) is 4.01. The maximum atomic E-state index is 11.2. The molecule has 13 heavy (non-hydrogen) atoms. The summed E-state index contributed by atoms with van der Waals surface area (Å²) in [6.07, 6.45) is 0. The SMILES string of the molecule is [CH2]c1cccc(C(C)=O)c1C(C)=O. The molecule has 1 aromatic rings. The van der Waals surface area contributed by atoms with E-state index in [2.05, 4.69) is 6.92 Å².